The van der Waals surface area contributed by atoms with Crippen molar-refractivity contribution in [1.29, 1.82) is 0 Å². The fraction of sp³-hybridized carbons (Fsp3) is 0.417. The number of rotatable bonds is 29. The Morgan fingerprint density at radius 3 is 2.06 bits per heavy atom. The zero-order valence-electron chi connectivity index (χ0n) is 62.8. The highest BCUT2D eigenvalue weighted by molar-refractivity contribution is 6.07. The van der Waals surface area contributed by atoms with Gasteiger partial charge in [-0.3, -0.25) is 38.4 Å². The molecule has 0 radical (unpaired) electrons. The van der Waals surface area contributed by atoms with Crippen molar-refractivity contribution in [2.24, 2.45) is 17.3 Å². The molecule has 13 rings (SSSR count). The number of ether oxygens (including phenoxy) is 6. The van der Waals surface area contributed by atoms with Crippen molar-refractivity contribution in [2.45, 2.75) is 162 Å². The second-order valence-corrected chi connectivity index (χ2v) is 29.8. The lowest BCUT2D eigenvalue weighted by Gasteiger charge is -2.31. The zero-order chi connectivity index (χ0) is 76.9. The standard InChI is InChI=1S/C84H93N9O16/c1-49(2)64(39-60(95)44-85-75(97)30-26-59(94)27-31-76(98)90-45-56-14-9-10-15-62(56)78-77(87-88-93(78)50(3)4)63-16-11-12-17-67(63)90)79(99)86-51(5)70(96)36-52-18-20-53(21-19-52)47-109-83(103)92-68-42-74(72(106-8)41-66(68)81(101)91-48-84(32-33-84)43-69(91)82(92)102)108-35-13-34-107-73-38-55-22-25-58-37-57(54-23-28-61(104-6)29-24-54)46-89(58)80(100)65(55)40-71(73)105-7/h9-12,14-21,23-24,28-29,38,40-42,46,49-51,58,64,69,82,102H,13,22,25-27,30-37,39,43-45,47-48H2,1-8H3,(H,85,97)(H,86,99)/t51-,58+,64+,69-,82?/m0/s1. The molecule has 2 fully saturated rings. The molecular weight excluding hydrogens is 1390 g/mol. The van der Waals surface area contributed by atoms with E-state index in [9.17, 15) is 48.3 Å². The van der Waals surface area contributed by atoms with Crippen molar-refractivity contribution >= 4 is 69.9 Å². The fourth-order valence-corrected chi connectivity index (χ4v) is 15.4. The first-order chi connectivity index (χ1) is 52.5. The predicted molar refractivity (Wildman–Crippen MR) is 405 cm³/mol. The molecule has 109 heavy (non-hydrogen) atoms. The molecule has 570 valence electrons. The molecule has 25 heteroatoms. The van der Waals surface area contributed by atoms with Crippen LogP contribution in [0.3, 0.4) is 0 Å². The summed E-state index contributed by atoms with van der Waals surface area (Å²) < 4.78 is 37.3. The minimum absolute atomic E-state index is 0.00556. The van der Waals surface area contributed by atoms with Crippen molar-refractivity contribution < 1.29 is 76.7 Å². The van der Waals surface area contributed by atoms with E-state index in [1.807, 2.05) is 108 Å². The van der Waals surface area contributed by atoms with Crippen LogP contribution in [0.15, 0.2) is 128 Å². The summed E-state index contributed by atoms with van der Waals surface area (Å²) in [5.74, 6) is -1.80. The molecule has 1 saturated heterocycles. The van der Waals surface area contributed by atoms with Gasteiger partial charge in [0.2, 0.25) is 17.7 Å². The zero-order valence-corrected chi connectivity index (χ0v) is 62.8. The first-order valence-electron chi connectivity index (χ1n) is 37.5. The summed E-state index contributed by atoms with van der Waals surface area (Å²) in [6.45, 7) is 9.60. The molecule has 1 saturated carbocycles. The lowest BCUT2D eigenvalue weighted by Crippen LogP contribution is -2.50. The molecule has 1 unspecified atom stereocenters. The van der Waals surface area contributed by atoms with E-state index < -0.39 is 47.9 Å². The summed E-state index contributed by atoms with van der Waals surface area (Å²) in [6, 6.07) is 35.0. The van der Waals surface area contributed by atoms with Crippen LogP contribution in [0, 0.1) is 17.3 Å². The van der Waals surface area contributed by atoms with Gasteiger partial charge in [0.25, 0.3) is 11.8 Å². The Kier molecular flexibility index (Phi) is 22.8. The highest BCUT2D eigenvalue weighted by Gasteiger charge is 2.58. The normalized spacial score (nSPS) is 17.7. The van der Waals surface area contributed by atoms with E-state index in [-0.39, 0.29) is 147 Å². The number of benzene rings is 6. The molecule has 6 heterocycles. The molecule has 5 atom stereocenters. The number of methoxy groups -OCH3 is 3. The van der Waals surface area contributed by atoms with E-state index in [2.05, 4.69) is 20.9 Å². The SMILES string of the molecule is COc1ccc(C2=CN3C(=O)c4cc(OC)c(OCCCOc5cc6c(cc5OC)C(=O)N5CC7(CC7)C[C@H]5C(O)N6C(=O)OCc5ccc(CC(=O)[C@H](C)NC(=O)[C@H](CC(=O)CNC(=O)CCC(=O)CCC(=O)N6Cc7ccccc7-c7c(nnn7C(C)C)-c7ccccc76)C(C)C)cc5)cc4CC[C@@H]3C2)cc1. The average molecular weight is 1480 g/mol. The molecule has 1 aliphatic carbocycles. The highest BCUT2D eigenvalue weighted by atomic mass is 16.6. The number of para-hydroxylation sites is 1. The summed E-state index contributed by atoms with van der Waals surface area (Å²) in [6.07, 6.45) is 3.57. The number of fused-ring (bicyclic) bond motifs is 9. The topological polar surface area (TPSA) is 297 Å². The van der Waals surface area contributed by atoms with Gasteiger partial charge in [-0.15, -0.1) is 5.10 Å². The second-order valence-electron chi connectivity index (χ2n) is 29.8. The number of hydrogen-bond donors (Lipinski definition) is 3. The van der Waals surface area contributed by atoms with Gasteiger partial charge in [0.05, 0.1) is 82.3 Å². The van der Waals surface area contributed by atoms with Crippen molar-refractivity contribution in [3.63, 3.8) is 0 Å². The van der Waals surface area contributed by atoms with Gasteiger partial charge in [0, 0.05) is 98.4 Å². The number of carbonyl (C=O) groups is 9. The van der Waals surface area contributed by atoms with E-state index in [0.29, 0.717) is 65.4 Å². The van der Waals surface area contributed by atoms with Crippen molar-refractivity contribution in [3.05, 3.63) is 166 Å². The number of aryl methyl sites for hydroxylation is 1. The van der Waals surface area contributed by atoms with Crippen molar-refractivity contribution in [1.82, 2.24) is 35.4 Å². The van der Waals surface area contributed by atoms with Gasteiger partial charge in [-0.2, -0.15) is 0 Å². The Bertz CT molecular complexity index is 4700. The number of nitrogens with zero attached hydrogens (tertiary/aromatic N) is 7. The first-order valence-corrected chi connectivity index (χ1v) is 37.5. The van der Waals surface area contributed by atoms with Gasteiger partial charge in [-0.1, -0.05) is 97.9 Å². The van der Waals surface area contributed by atoms with Crippen LogP contribution < -0.4 is 44.1 Å². The van der Waals surface area contributed by atoms with E-state index in [1.165, 1.54) is 26.4 Å². The van der Waals surface area contributed by atoms with E-state index in [4.69, 9.17) is 28.4 Å². The smallest absolute Gasteiger partial charge is 0.416 e. The van der Waals surface area contributed by atoms with Crippen molar-refractivity contribution in [2.75, 3.05) is 57.4 Å². The molecular formula is C84H93N9O16. The van der Waals surface area contributed by atoms with E-state index in [1.54, 1.807) is 68.0 Å². The minimum Gasteiger partial charge on any atom is -0.497 e. The van der Waals surface area contributed by atoms with Crippen LogP contribution in [-0.4, -0.2) is 155 Å². The average Bonchev–Trinajstić information content (AvgIpc) is 1.82. The monoisotopic (exact) mass is 1480 g/mol. The highest BCUT2D eigenvalue weighted by Crippen LogP contribution is 2.57. The lowest BCUT2D eigenvalue weighted by molar-refractivity contribution is -0.133. The lowest BCUT2D eigenvalue weighted by atomic mass is 9.89. The van der Waals surface area contributed by atoms with Crippen LogP contribution in [0.5, 0.6) is 28.7 Å². The third-order valence-corrected chi connectivity index (χ3v) is 21.8. The third-order valence-electron chi connectivity index (χ3n) is 21.8. The third kappa shape index (κ3) is 16.5. The summed E-state index contributed by atoms with van der Waals surface area (Å²) >= 11 is 0. The van der Waals surface area contributed by atoms with Crippen LogP contribution in [0.1, 0.15) is 160 Å². The Balaban J connectivity index is 0.569. The Morgan fingerprint density at radius 2 is 1.37 bits per heavy atom. The fourth-order valence-electron chi connectivity index (χ4n) is 15.4. The molecule has 3 N–H and O–H groups in total. The maximum absolute atomic E-state index is 14.5. The number of aliphatic hydroxyl groups excluding tert-OH is 1. The van der Waals surface area contributed by atoms with Gasteiger partial charge in [0.1, 0.15) is 23.8 Å². The molecule has 5 aliphatic heterocycles. The number of hydrogen-bond acceptors (Lipinski definition) is 18. The Morgan fingerprint density at radius 1 is 0.688 bits per heavy atom. The number of aromatic nitrogens is 3. The number of carbonyl (C=O) groups excluding carboxylic acids is 9. The molecule has 0 bridgehead atoms. The van der Waals surface area contributed by atoms with Gasteiger partial charge >= 0.3 is 6.09 Å². The summed E-state index contributed by atoms with van der Waals surface area (Å²) in [5, 5.41) is 26.6. The van der Waals surface area contributed by atoms with E-state index in [0.717, 1.165) is 75.4 Å². The quantitative estimate of drug-likeness (QED) is 0.0367. The first kappa shape index (κ1) is 76.0. The van der Waals surface area contributed by atoms with Crippen LogP contribution in [0.25, 0.3) is 28.1 Å². The van der Waals surface area contributed by atoms with Gasteiger partial charge in [0.15, 0.2) is 40.8 Å². The number of aliphatic hydroxyl groups is 1. The maximum Gasteiger partial charge on any atom is 0.416 e. The van der Waals surface area contributed by atoms with Crippen LogP contribution in [0.4, 0.5) is 16.2 Å². The summed E-state index contributed by atoms with van der Waals surface area (Å²) in [5.41, 5.74) is 9.51. The largest absolute Gasteiger partial charge is 0.497 e. The number of Topliss-reactive ketones (excluding diaryl/α,β-unsaturated/α-hetero) is 3. The number of nitrogens with one attached hydrogen (secondary N) is 2. The second kappa shape index (κ2) is 32.7. The molecule has 6 amide bonds. The number of anilines is 2. The molecule has 1 spiro atoms. The molecule has 7 aromatic rings. The van der Waals surface area contributed by atoms with E-state index >= 15 is 0 Å². The number of amides is 6. The molecule has 6 aliphatic rings. The van der Waals surface area contributed by atoms with Crippen LogP contribution >= 0.6 is 0 Å². The maximum atomic E-state index is 14.5. The number of ketones is 3. The summed E-state index contributed by atoms with van der Waals surface area (Å²) in [7, 11) is 4.61. The van der Waals surface area contributed by atoms with Gasteiger partial charge in [-0.05, 0) is 140 Å². The van der Waals surface area contributed by atoms with Crippen molar-refractivity contribution in [3.8, 4) is 51.3 Å². The van der Waals surface area contributed by atoms with Crippen LogP contribution in [0.2, 0.25) is 0 Å². The Hall–Kier alpha value is -11.2. The van der Waals surface area contributed by atoms with Gasteiger partial charge in [-0.25, -0.2) is 14.4 Å². The van der Waals surface area contributed by atoms with Crippen LogP contribution in [-0.2, 0) is 59.5 Å². The summed E-state index contributed by atoms with van der Waals surface area (Å²) in [4.78, 5) is 130. The molecule has 25 nitrogen and oxygen atoms in total. The Labute approximate surface area is 633 Å². The van der Waals surface area contributed by atoms with Gasteiger partial charge < -0.3 is 58.9 Å². The minimum atomic E-state index is -1.48. The predicted octanol–water partition coefficient (Wildman–Crippen LogP) is 11.4. The molecule has 1 aromatic heterocycles. The molecule has 6 aromatic carbocycles.